The van der Waals surface area contributed by atoms with Gasteiger partial charge in [-0.15, -0.1) is 0 Å². The van der Waals surface area contributed by atoms with E-state index in [-0.39, 0.29) is 59.1 Å². The molecule has 0 aromatic heterocycles. The number of rotatable bonds is 15. The molecule has 14 nitrogen and oxygen atoms in total. The van der Waals surface area contributed by atoms with Gasteiger partial charge in [0.2, 0.25) is 27.7 Å². The Balaban J connectivity index is 0.763. The van der Waals surface area contributed by atoms with E-state index in [4.69, 9.17) is 4.74 Å². The van der Waals surface area contributed by atoms with Gasteiger partial charge in [-0.1, -0.05) is 66.2 Å². The maximum atomic E-state index is 14.0. The fourth-order valence-electron chi connectivity index (χ4n) is 9.70. The Kier molecular flexibility index (Phi) is 12.6. The summed E-state index contributed by atoms with van der Waals surface area (Å²) in [5, 5.41) is 19.0. The number of anilines is 2. The number of fused-ring (bicyclic) bond motifs is 4. The maximum absolute atomic E-state index is 14.0. The van der Waals surface area contributed by atoms with Crippen LogP contribution < -0.4 is 20.7 Å². The first-order chi connectivity index (χ1) is 31.9. The highest BCUT2D eigenvalue weighted by Crippen LogP contribution is 2.49. The van der Waals surface area contributed by atoms with Crippen LogP contribution in [0.3, 0.4) is 0 Å². The van der Waals surface area contributed by atoms with Crippen molar-refractivity contribution < 1.29 is 42.2 Å². The predicted molar refractivity (Wildman–Crippen MR) is 247 cm³/mol. The minimum atomic E-state index is -3.81. The van der Waals surface area contributed by atoms with Crippen molar-refractivity contribution in [2.45, 2.75) is 81.3 Å². The number of aliphatic hydroxyl groups is 1. The molecule has 0 aliphatic carbocycles. The van der Waals surface area contributed by atoms with Crippen LogP contribution >= 0.6 is 0 Å². The zero-order valence-electron chi connectivity index (χ0n) is 36.5. The molecule has 0 radical (unpaired) electrons. The van der Waals surface area contributed by atoms with Gasteiger partial charge in [0.15, 0.2) is 0 Å². The molecule has 15 heteroatoms. The average molecular weight is 910 g/mol. The molecule has 1 unspecified atom stereocenters. The first-order valence-electron chi connectivity index (χ1n) is 22.4. The third-order valence-corrected chi connectivity index (χ3v) is 15.0. The number of benzene rings is 5. The van der Waals surface area contributed by atoms with Crippen molar-refractivity contribution >= 4 is 50.9 Å². The second-order valence-corrected chi connectivity index (χ2v) is 19.3. The number of sulfonamides is 1. The van der Waals surface area contributed by atoms with Crippen LogP contribution in [0.4, 0.5) is 11.4 Å². The Morgan fingerprint density at radius 3 is 2.30 bits per heavy atom. The summed E-state index contributed by atoms with van der Waals surface area (Å²) < 4.78 is 35.6. The minimum Gasteiger partial charge on any atom is -0.493 e. The molecule has 9 rings (SSSR count). The van der Waals surface area contributed by atoms with Crippen molar-refractivity contribution in [1.82, 2.24) is 14.5 Å². The van der Waals surface area contributed by atoms with Crippen LogP contribution in [0.2, 0.25) is 0 Å². The molecule has 0 spiro atoms. The van der Waals surface area contributed by atoms with Crippen LogP contribution in [0.15, 0.2) is 114 Å². The standard InChI is InChI=1S/C51H51N5O9S/c1-31-13-20-37(21-14-31)66(63,64)55-26-25-38-42(30-57)53-41-22-19-35(29-40(41)48(38)55)34-8-3-9-36(28-34)52-45(58)12-2-6-32-15-17-33(18-16-32)7-5-27-65-44-11-4-10-39-47(44)51(62)56(50(39)61)43-23-24-46(59)54-49(43)60/h3-4,8-11,13-22,28-29,38,42-43,48,53,57H,2,5-7,12,23-27,30H2,1H3,(H,52,58)(H,54,59,60)/t38-,42+,43?,48-/m1/s1. The molecule has 4 N–H and O–H groups in total. The molecule has 5 aromatic carbocycles. The molecule has 4 aliphatic heterocycles. The molecular formula is C51H51N5O9S. The molecule has 2 saturated heterocycles. The minimum absolute atomic E-state index is 0.0468. The zero-order chi connectivity index (χ0) is 46.1. The molecule has 0 bridgehead atoms. The van der Waals surface area contributed by atoms with E-state index >= 15 is 0 Å². The molecule has 2 fully saturated rings. The topological polar surface area (TPSA) is 192 Å². The van der Waals surface area contributed by atoms with Crippen molar-refractivity contribution in [3.63, 3.8) is 0 Å². The highest BCUT2D eigenvalue weighted by molar-refractivity contribution is 7.89. The van der Waals surface area contributed by atoms with Crippen LogP contribution in [0, 0.1) is 12.8 Å². The second-order valence-electron chi connectivity index (χ2n) is 17.4. The number of carbonyl (C=O) groups excluding carboxylic acids is 5. The number of aliphatic hydroxyl groups excluding tert-OH is 1. The third kappa shape index (κ3) is 8.85. The molecule has 4 heterocycles. The predicted octanol–water partition coefficient (Wildman–Crippen LogP) is 6.57. The molecule has 66 heavy (non-hydrogen) atoms. The third-order valence-electron chi connectivity index (χ3n) is 13.1. The summed E-state index contributed by atoms with van der Waals surface area (Å²) in [7, 11) is -3.81. The van der Waals surface area contributed by atoms with E-state index in [9.17, 15) is 37.5 Å². The molecule has 4 aliphatic rings. The number of nitrogens with zero attached hydrogens (tertiary/aromatic N) is 2. The summed E-state index contributed by atoms with van der Waals surface area (Å²) in [6, 6.07) is 31.7. The Morgan fingerprint density at radius 2 is 1.56 bits per heavy atom. The van der Waals surface area contributed by atoms with E-state index in [1.807, 2.05) is 49.4 Å². The first kappa shape index (κ1) is 44.5. The monoisotopic (exact) mass is 909 g/mol. The summed E-state index contributed by atoms with van der Waals surface area (Å²) in [5.41, 5.74) is 7.58. The number of hydrogen-bond donors (Lipinski definition) is 4. The lowest BCUT2D eigenvalue weighted by atomic mass is 9.82. The molecule has 4 atom stereocenters. The summed E-state index contributed by atoms with van der Waals surface area (Å²) >= 11 is 0. The summed E-state index contributed by atoms with van der Waals surface area (Å²) in [4.78, 5) is 64.9. The van der Waals surface area contributed by atoms with Gasteiger partial charge in [-0.3, -0.25) is 34.2 Å². The van der Waals surface area contributed by atoms with Crippen LogP contribution in [0.25, 0.3) is 11.1 Å². The van der Waals surface area contributed by atoms with Crippen LogP contribution in [0.5, 0.6) is 5.75 Å². The molecule has 0 saturated carbocycles. The maximum Gasteiger partial charge on any atom is 0.266 e. The van der Waals surface area contributed by atoms with Gasteiger partial charge in [-0.25, -0.2) is 8.42 Å². The fraction of sp³-hybridized carbons (Fsp3) is 0.314. The SMILES string of the molecule is Cc1ccc(S(=O)(=O)N2CC[C@@H]3[C@H](CO)Nc4ccc(-c5cccc(NC(=O)CCCc6ccc(CCCOc7cccc8c7C(=O)N(C7CCC(=O)NC7=O)C8=O)cc6)c5)cc4[C@@H]32)cc1. The van der Waals surface area contributed by atoms with E-state index in [0.29, 0.717) is 50.9 Å². The molecule has 340 valence electrons. The van der Waals surface area contributed by atoms with Crippen molar-refractivity contribution in [1.29, 1.82) is 0 Å². The summed E-state index contributed by atoms with van der Waals surface area (Å²) in [6.45, 7) is 2.46. The van der Waals surface area contributed by atoms with Crippen molar-refractivity contribution in [3.05, 3.63) is 143 Å². The Morgan fingerprint density at radius 1 is 0.833 bits per heavy atom. The lowest BCUT2D eigenvalue weighted by Gasteiger charge is -2.39. The van der Waals surface area contributed by atoms with E-state index in [0.717, 1.165) is 50.4 Å². The van der Waals surface area contributed by atoms with Crippen LogP contribution in [0.1, 0.15) is 87.5 Å². The largest absolute Gasteiger partial charge is 0.493 e. The lowest BCUT2D eigenvalue weighted by Crippen LogP contribution is -2.54. The van der Waals surface area contributed by atoms with Gasteiger partial charge >= 0.3 is 0 Å². The lowest BCUT2D eigenvalue weighted by molar-refractivity contribution is -0.136. The number of hydrogen-bond acceptors (Lipinski definition) is 10. The van der Waals surface area contributed by atoms with E-state index < -0.39 is 45.7 Å². The highest BCUT2D eigenvalue weighted by Gasteiger charge is 2.49. The quantitative estimate of drug-likeness (QED) is 0.0660. The van der Waals surface area contributed by atoms with E-state index in [1.54, 1.807) is 40.7 Å². The van der Waals surface area contributed by atoms with Gasteiger partial charge in [0.1, 0.15) is 11.8 Å². The van der Waals surface area contributed by atoms with Crippen LogP contribution in [-0.4, -0.2) is 84.1 Å². The zero-order valence-corrected chi connectivity index (χ0v) is 37.3. The van der Waals surface area contributed by atoms with Crippen molar-refractivity contribution in [2.75, 3.05) is 30.4 Å². The highest BCUT2D eigenvalue weighted by atomic mass is 32.2. The fourth-order valence-corrected chi connectivity index (χ4v) is 11.4. The number of aryl methyl sites for hydroxylation is 3. The average Bonchev–Trinajstić information content (AvgIpc) is 3.88. The summed E-state index contributed by atoms with van der Waals surface area (Å²) in [5.74, 6) is -2.19. The van der Waals surface area contributed by atoms with Gasteiger partial charge in [-0.2, -0.15) is 4.31 Å². The smallest absolute Gasteiger partial charge is 0.266 e. The van der Waals surface area contributed by atoms with E-state index in [1.165, 1.54) is 6.07 Å². The van der Waals surface area contributed by atoms with Gasteiger partial charge in [0.05, 0.1) is 41.3 Å². The Bertz CT molecular complexity index is 2830. The van der Waals surface area contributed by atoms with Gasteiger partial charge in [-0.05, 0) is 122 Å². The van der Waals surface area contributed by atoms with E-state index in [2.05, 4.69) is 40.2 Å². The Hall–Kier alpha value is -6.68. The number of piperidine rings is 1. The second kappa shape index (κ2) is 18.7. The molecule has 5 aromatic rings. The molecular weight excluding hydrogens is 859 g/mol. The Labute approximate surface area is 383 Å². The number of amides is 5. The number of imide groups is 2. The molecule has 5 amide bonds. The van der Waals surface area contributed by atoms with Crippen molar-refractivity contribution in [2.24, 2.45) is 5.92 Å². The first-order valence-corrected chi connectivity index (χ1v) is 23.9. The van der Waals surface area contributed by atoms with Crippen molar-refractivity contribution in [3.8, 4) is 16.9 Å². The number of carbonyl (C=O) groups is 5. The van der Waals surface area contributed by atoms with Gasteiger partial charge < -0.3 is 20.5 Å². The number of ether oxygens (including phenoxy) is 1. The normalized spacial score (nSPS) is 20.3. The summed E-state index contributed by atoms with van der Waals surface area (Å²) in [6.07, 6.45) is 3.82. The number of nitrogens with one attached hydrogen (secondary N) is 3. The van der Waals surface area contributed by atoms with Gasteiger partial charge in [0.25, 0.3) is 11.8 Å². The van der Waals surface area contributed by atoms with Gasteiger partial charge in [0, 0.05) is 36.7 Å². The van der Waals surface area contributed by atoms with Crippen LogP contribution in [-0.2, 0) is 37.2 Å².